The van der Waals surface area contributed by atoms with Crippen LogP contribution in [0.5, 0.6) is 0 Å². The standard InChI is InChI=1S/C22H19ClN2O3S/c1-4-14-8-19-17(10-18(14)23)16(9-20(26)27-19)11-29-22-25-24-21(28-22)15-6-5-12(2)13(3)7-15/h5-10H,4,11H2,1-3H3. The highest BCUT2D eigenvalue weighted by Crippen LogP contribution is 2.31. The van der Waals surface area contributed by atoms with E-state index in [2.05, 4.69) is 17.1 Å². The molecule has 0 aliphatic heterocycles. The predicted octanol–water partition coefficient (Wildman–Crippen LogP) is 5.97. The molecule has 0 amide bonds. The van der Waals surface area contributed by atoms with Crippen molar-refractivity contribution in [1.29, 1.82) is 0 Å². The van der Waals surface area contributed by atoms with Crippen molar-refractivity contribution in [2.24, 2.45) is 0 Å². The van der Waals surface area contributed by atoms with E-state index in [1.54, 1.807) is 0 Å². The molecule has 0 saturated carbocycles. The van der Waals surface area contributed by atoms with Crippen molar-refractivity contribution in [1.82, 2.24) is 10.2 Å². The van der Waals surface area contributed by atoms with Crippen LogP contribution in [-0.2, 0) is 12.2 Å². The maximum absolute atomic E-state index is 12.0. The minimum absolute atomic E-state index is 0.390. The third kappa shape index (κ3) is 4.09. The van der Waals surface area contributed by atoms with Gasteiger partial charge in [-0.1, -0.05) is 36.4 Å². The van der Waals surface area contributed by atoms with Gasteiger partial charge in [-0.2, -0.15) is 0 Å². The molecule has 0 N–H and O–H groups in total. The van der Waals surface area contributed by atoms with Gasteiger partial charge in [0, 0.05) is 27.8 Å². The van der Waals surface area contributed by atoms with Crippen molar-refractivity contribution in [2.75, 3.05) is 0 Å². The van der Waals surface area contributed by atoms with Gasteiger partial charge in [0.05, 0.1) is 0 Å². The number of thioether (sulfide) groups is 1. The first kappa shape index (κ1) is 19.7. The maximum atomic E-state index is 12.0. The minimum Gasteiger partial charge on any atom is -0.423 e. The van der Waals surface area contributed by atoms with Gasteiger partial charge in [0.15, 0.2) is 0 Å². The summed E-state index contributed by atoms with van der Waals surface area (Å²) < 4.78 is 11.2. The number of rotatable bonds is 5. The number of fused-ring (bicyclic) bond motifs is 1. The van der Waals surface area contributed by atoms with Crippen LogP contribution >= 0.6 is 23.4 Å². The van der Waals surface area contributed by atoms with E-state index in [0.717, 1.165) is 28.5 Å². The highest BCUT2D eigenvalue weighted by Gasteiger charge is 2.13. The fourth-order valence-corrected chi connectivity index (χ4v) is 4.13. The fourth-order valence-electron chi connectivity index (χ4n) is 3.08. The van der Waals surface area contributed by atoms with Gasteiger partial charge >= 0.3 is 5.63 Å². The molecule has 29 heavy (non-hydrogen) atoms. The van der Waals surface area contributed by atoms with E-state index in [1.807, 2.05) is 44.2 Å². The summed E-state index contributed by atoms with van der Waals surface area (Å²) in [6, 6.07) is 11.2. The molecule has 0 radical (unpaired) electrons. The van der Waals surface area contributed by atoms with Crippen LogP contribution < -0.4 is 5.63 Å². The lowest BCUT2D eigenvalue weighted by Crippen LogP contribution is -2.00. The van der Waals surface area contributed by atoms with E-state index in [9.17, 15) is 4.79 Å². The highest BCUT2D eigenvalue weighted by molar-refractivity contribution is 7.98. The van der Waals surface area contributed by atoms with Crippen molar-refractivity contribution in [3.63, 3.8) is 0 Å². The Kier molecular flexibility index (Phi) is 5.48. The Bertz CT molecular complexity index is 1260. The number of hydrogen-bond donors (Lipinski definition) is 0. The average Bonchev–Trinajstić information content (AvgIpc) is 3.17. The smallest absolute Gasteiger partial charge is 0.336 e. The molecule has 0 bridgehead atoms. The fraction of sp³-hybridized carbons (Fsp3) is 0.227. The molecule has 4 aromatic rings. The SMILES string of the molecule is CCc1cc2oc(=O)cc(CSc3nnc(-c4ccc(C)c(C)c4)o3)c2cc1Cl. The van der Waals surface area contributed by atoms with E-state index in [4.69, 9.17) is 20.4 Å². The van der Waals surface area contributed by atoms with Gasteiger partial charge in [-0.25, -0.2) is 4.79 Å². The first-order chi connectivity index (χ1) is 13.9. The number of hydrogen-bond acceptors (Lipinski definition) is 6. The van der Waals surface area contributed by atoms with Crippen LogP contribution in [0.2, 0.25) is 5.02 Å². The van der Waals surface area contributed by atoms with Crippen molar-refractivity contribution in [3.05, 3.63) is 74.1 Å². The van der Waals surface area contributed by atoms with Crippen molar-refractivity contribution in [2.45, 2.75) is 38.2 Å². The zero-order valence-corrected chi connectivity index (χ0v) is 17.9. The van der Waals surface area contributed by atoms with E-state index >= 15 is 0 Å². The third-order valence-corrected chi connectivity index (χ3v) is 6.11. The highest BCUT2D eigenvalue weighted by atomic mass is 35.5. The second-order valence-corrected chi connectivity index (χ2v) is 8.18. The third-order valence-electron chi connectivity index (χ3n) is 4.89. The minimum atomic E-state index is -0.390. The Hall–Kier alpha value is -2.57. The van der Waals surface area contributed by atoms with E-state index < -0.39 is 0 Å². The molecule has 0 fully saturated rings. The monoisotopic (exact) mass is 426 g/mol. The molecule has 0 aliphatic carbocycles. The summed E-state index contributed by atoms with van der Waals surface area (Å²) in [5, 5.41) is 10.2. The Balaban J connectivity index is 1.60. The molecule has 4 rings (SSSR count). The molecule has 2 aromatic heterocycles. The predicted molar refractivity (Wildman–Crippen MR) is 116 cm³/mol. The Labute approximate surface area is 177 Å². The van der Waals surface area contributed by atoms with Gasteiger partial charge in [0.2, 0.25) is 5.89 Å². The van der Waals surface area contributed by atoms with Crippen LogP contribution in [0.15, 0.2) is 55.2 Å². The molecule has 0 saturated heterocycles. The molecule has 2 aromatic carbocycles. The lowest BCUT2D eigenvalue weighted by molar-refractivity contribution is 0.466. The largest absolute Gasteiger partial charge is 0.423 e. The van der Waals surface area contributed by atoms with E-state index in [-0.39, 0.29) is 5.63 Å². The van der Waals surface area contributed by atoms with Crippen LogP contribution in [0.1, 0.15) is 29.2 Å². The van der Waals surface area contributed by atoms with Crippen LogP contribution in [0, 0.1) is 13.8 Å². The molecule has 0 aliphatic rings. The summed E-state index contributed by atoms with van der Waals surface area (Å²) >= 11 is 7.73. The van der Waals surface area contributed by atoms with Crippen molar-refractivity contribution < 1.29 is 8.83 Å². The van der Waals surface area contributed by atoms with Gasteiger partial charge in [0.1, 0.15) is 5.58 Å². The Morgan fingerprint density at radius 3 is 2.59 bits per heavy atom. The lowest BCUT2D eigenvalue weighted by Gasteiger charge is -2.07. The molecule has 5 nitrogen and oxygen atoms in total. The molecular weight excluding hydrogens is 408 g/mol. The topological polar surface area (TPSA) is 69.1 Å². The zero-order chi connectivity index (χ0) is 20.5. The molecule has 2 heterocycles. The van der Waals surface area contributed by atoms with Gasteiger partial charge in [-0.05, 0) is 66.8 Å². The second kappa shape index (κ2) is 8.05. The summed E-state index contributed by atoms with van der Waals surface area (Å²) in [6.07, 6.45) is 0.765. The van der Waals surface area contributed by atoms with Gasteiger partial charge in [-0.15, -0.1) is 10.2 Å². The molecule has 0 atom stereocenters. The summed E-state index contributed by atoms with van der Waals surface area (Å²) in [5.41, 5.74) is 5.17. The van der Waals surface area contributed by atoms with Crippen LogP contribution in [0.4, 0.5) is 0 Å². The number of aryl methyl sites for hydroxylation is 3. The maximum Gasteiger partial charge on any atom is 0.336 e. The number of halogens is 1. The Morgan fingerprint density at radius 1 is 1.00 bits per heavy atom. The quantitative estimate of drug-likeness (QED) is 0.289. The summed E-state index contributed by atoms with van der Waals surface area (Å²) in [6.45, 7) is 6.12. The lowest BCUT2D eigenvalue weighted by atomic mass is 10.1. The van der Waals surface area contributed by atoms with Crippen LogP contribution in [0.25, 0.3) is 22.4 Å². The number of benzene rings is 2. The molecular formula is C22H19ClN2O3S. The average molecular weight is 427 g/mol. The van der Waals surface area contributed by atoms with Crippen LogP contribution in [-0.4, -0.2) is 10.2 Å². The second-order valence-electron chi connectivity index (χ2n) is 6.84. The van der Waals surface area contributed by atoms with E-state index in [1.165, 1.54) is 29.0 Å². The van der Waals surface area contributed by atoms with Crippen LogP contribution in [0.3, 0.4) is 0 Å². The molecule has 0 spiro atoms. The van der Waals surface area contributed by atoms with Gasteiger partial charge < -0.3 is 8.83 Å². The Morgan fingerprint density at radius 2 is 1.83 bits per heavy atom. The zero-order valence-electron chi connectivity index (χ0n) is 16.3. The number of aromatic nitrogens is 2. The molecule has 7 heteroatoms. The van der Waals surface area contributed by atoms with E-state index in [0.29, 0.717) is 27.5 Å². The molecule has 148 valence electrons. The summed E-state index contributed by atoms with van der Waals surface area (Å²) in [7, 11) is 0. The molecule has 0 unspecified atom stereocenters. The first-order valence-electron chi connectivity index (χ1n) is 9.23. The first-order valence-corrected chi connectivity index (χ1v) is 10.6. The summed E-state index contributed by atoms with van der Waals surface area (Å²) in [5.74, 6) is 0.960. The summed E-state index contributed by atoms with van der Waals surface area (Å²) in [4.78, 5) is 12.0. The van der Waals surface area contributed by atoms with Gasteiger partial charge in [-0.3, -0.25) is 0 Å². The number of nitrogens with zero attached hydrogens (tertiary/aromatic N) is 2. The van der Waals surface area contributed by atoms with Crippen molar-refractivity contribution in [3.8, 4) is 11.5 Å². The van der Waals surface area contributed by atoms with Crippen molar-refractivity contribution >= 4 is 34.3 Å². The normalized spacial score (nSPS) is 11.3. The van der Waals surface area contributed by atoms with Gasteiger partial charge in [0.25, 0.3) is 5.22 Å².